The van der Waals surface area contributed by atoms with Crippen LogP contribution in [-0.2, 0) is 6.42 Å². The molecule has 1 heterocycles. The smallest absolute Gasteiger partial charge is 0.0977 e. The molecule has 60 valence electrons. The second-order valence-electron chi connectivity index (χ2n) is 2.29. The minimum Gasteiger partial charge on any atom is -0.291 e. The standard InChI is InChI=1S/C8H12N2S/c1-4-7-8(6(2)9-3)10-5-11-7/h5H,4H2,1-3H3. The third-order valence-electron chi connectivity index (χ3n) is 1.64. The molecule has 0 aliphatic heterocycles. The number of hydrogen-bond donors (Lipinski definition) is 0. The summed E-state index contributed by atoms with van der Waals surface area (Å²) in [5.41, 5.74) is 3.98. The summed E-state index contributed by atoms with van der Waals surface area (Å²) >= 11 is 1.70. The van der Waals surface area contributed by atoms with E-state index in [1.54, 1.807) is 18.4 Å². The van der Waals surface area contributed by atoms with Crippen molar-refractivity contribution < 1.29 is 0 Å². The van der Waals surface area contributed by atoms with E-state index in [0.717, 1.165) is 17.8 Å². The lowest BCUT2D eigenvalue weighted by atomic mass is 10.2. The summed E-state index contributed by atoms with van der Waals surface area (Å²) in [6.07, 6.45) is 1.05. The van der Waals surface area contributed by atoms with E-state index in [2.05, 4.69) is 16.9 Å². The summed E-state index contributed by atoms with van der Waals surface area (Å²) in [7, 11) is 1.80. The maximum atomic E-state index is 4.25. The zero-order chi connectivity index (χ0) is 8.27. The number of aryl methyl sites for hydroxylation is 1. The van der Waals surface area contributed by atoms with Gasteiger partial charge in [0.2, 0.25) is 0 Å². The van der Waals surface area contributed by atoms with E-state index in [1.807, 2.05) is 12.4 Å². The van der Waals surface area contributed by atoms with E-state index < -0.39 is 0 Å². The monoisotopic (exact) mass is 168 g/mol. The molecule has 0 radical (unpaired) electrons. The number of aromatic nitrogens is 1. The van der Waals surface area contributed by atoms with Crippen LogP contribution in [0.25, 0.3) is 0 Å². The first-order chi connectivity index (χ1) is 5.29. The van der Waals surface area contributed by atoms with Crippen molar-refractivity contribution in [2.24, 2.45) is 4.99 Å². The van der Waals surface area contributed by atoms with Gasteiger partial charge in [-0.2, -0.15) is 0 Å². The lowest BCUT2D eigenvalue weighted by molar-refractivity contribution is 1.15. The van der Waals surface area contributed by atoms with E-state index in [-0.39, 0.29) is 0 Å². The van der Waals surface area contributed by atoms with Crippen molar-refractivity contribution in [3.63, 3.8) is 0 Å². The van der Waals surface area contributed by atoms with Crippen molar-refractivity contribution in [3.8, 4) is 0 Å². The minimum atomic E-state index is 1.03. The van der Waals surface area contributed by atoms with Crippen LogP contribution >= 0.6 is 11.3 Å². The third-order valence-corrected chi connectivity index (χ3v) is 2.62. The second-order valence-corrected chi connectivity index (χ2v) is 3.23. The highest BCUT2D eigenvalue weighted by Gasteiger charge is 2.05. The number of aliphatic imine (C=N–C) groups is 1. The van der Waals surface area contributed by atoms with Gasteiger partial charge in [0.15, 0.2) is 0 Å². The summed E-state index contributed by atoms with van der Waals surface area (Å²) in [6, 6.07) is 0. The Bertz CT molecular complexity index is 263. The zero-order valence-corrected chi connectivity index (χ0v) is 7.90. The first-order valence-electron chi connectivity index (χ1n) is 3.65. The van der Waals surface area contributed by atoms with Gasteiger partial charge in [-0.3, -0.25) is 4.99 Å². The molecule has 0 atom stereocenters. The molecule has 0 unspecified atom stereocenters. The Hall–Kier alpha value is -0.700. The highest BCUT2D eigenvalue weighted by Crippen LogP contribution is 2.14. The van der Waals surface area contributed by atoms with Gasteiger partial charge >= 0.3 is 0 Å². The van der Waals surface area contributed by atoms with E-state index in [1.165, 1.54) is 4.88 Å². The zero-order valence-electron chi connectivity index (χ0n) is 7.09. The summed E-state index contributed by atoms with van der Waals surface area (Å²) in [5.74, 6) is 0. The Labute approximate surface area is 71.0 Å². The highest BCUT2D eigenvalue weighted by molar-refractivity contribution is 7.09. The van der Waals surface area contributed by atoms with Gasteiger partial charge < -0.3 is 0 Å². The van der Waals surface area contributed by atoms with Crippen LogP contribution in [-0.4, -0.2) is 17.7 Å². The van der Waals surface area contributed by atoms with Crippen LogP contribution in [0.3, 0.4) is 0 Å². The first kappa shape index (κ1) is 8.40. The van der Waals surface area contributed by atoms with E-state index >= 15 is 0 Å². The minimum absolute atomic E-state index is 1.03. The normalized spacial score (nSPS) is 12.1. The number of thiazole rings is 1. The van der Waals surface area contributed by atoms with E-state index in [0.29, 0.717) is 0 Å². The van der Waals surface area contributed by atoms with Crippen molar-refractivity contribution in [3.05, 3.63) is 16.1 Å². The molecule has 1 aromatic rings. The molecule has 0 bridgehead atoms. The van der Waals surface area contributed by atoms with Gasteiger partial charge in [-0.25, -0.2) is 4.98 Å². The van der Waals surface area contributed by atoms with Gasteiger partial charge in [0.1, 0.15) is 0 Å². The molecule has 2 nitrogen and oxygen atoms in total. The molecule has 1 rings (SSSR count). The van der Waals surface area contributed by atoms with Crippen LogP contribution in [0.1, 0.15) is 24.4 Å². The molecule has 0 N–H and O–H groups in total. The molecule has 0 fully saturated rings. The van der Waals surface area contributed by atoms with Crippen molar-refractivity contribution in [2.75, 3.05) is 7.05 Å². The van der Waals surface area contributed by atoms with Gasteiger partial charge in [0, 0.05) is 11.9 Å². The average Bonchev–Trinajstić information content (AvgIpc) is 2.50. The molecular weight excluding hydrogens is 156 g/mol. The molecule has 3 heteroatoms. The summed E-state index contributed by atoms with van der Waals surface area (Å²) in [6.45, 7) is 4.13. The predicted octanol–water partition coefficient (Wildman–Crippen LogP) is 2.14. The molecular formula is C8H12N2S. The second kappa shape index (κ2) is 3.62. The third kappa shape index (κ3) is 1.66. The molecule has 0 amide bonds. The Morgan fingerprint density at radius 1 is 1.73 bits per heavy atom. The molecule has 0 saturated heterocycles. The van der Waals surface area contributed by atoms with Crippen LogP contribution in [0, 0.1) is 0 Å². The van der Waals surface area contributed by atoms with E-state index in [4.69, 9.17) is 0 Å². The first-order valence-corrected chi connectivity index (χ1v) is 4.53. The Morgan fingerprint density at radius 3 is 3.00 bits per heavy atom. The molecule has 11 heavy (non-hydrogen) atoms. The fourth-order valence-corrected chi connectivity index (χ4v) is 1.69. The van der Waals surface area contributed by atoms with Crippen LogP contribution in [0.2, 0.25) is 0 Å². The molecule has 0 spiro atoms. The summed E-state index contributed by atoms with van der Waals surface area (Å²) in [5, 5.41) is 0. The largest absolute Gasteiger partial charge is 0.291 e. The maximum absolute atomic E-state index is 4.25. The average molecular weight is 168 g/mol. The summed E-state index contributed by atoms with van der Waals surface area (Å²) in [4.78, 5) is 9.67. The lowest BCUT2D eigenvalue weighted by Gasteiger charge is -1.96. The van der Waals surface area contributed by atoms with Crippen molar-refractivity contribution in [1.29, 1.82) is 0 Å². The molecule has 0 saturated carbocycles. The summed E-state index contributed by atoms with van der Waals surface area (Å²) < 4.78 is 0. The quantitative estimate of drug-likeness (QED) is 0.621. The fraction of sp³-hybridized carbons (Fsp3) is 0.500. The van der Waals surface area contributed by atoms with Gasteiger partial charge in [0.05, 0.1) is 16.9 Å². The van der Waals surface area contributed by atoms with Crippen molar-refractivity contribution in [1.82, 2.24) is 4.98 Å². The molecule has 0 aromatic carbocycles. The van der Waals surface area contributed by atoms with Gasteiger partial charge in [-0.05, 0) is 13.3 Å². The molecule has 0 aliphatic carbocycles. The molecule has 0 aliphatic rings. The van der Waals surface area contributed by atoms with Crippen LogP contribution < -0.4 is 0 Å². The van der Waals surface area contributed by atoms with Gasteiger partial charge in [0.25, 0.3) is 0 Å². The van der Waals surface area contributed by atoms with Crippen LogP contribution in [0.15, 0.2) is 10.5 Å². The maximum Gasteiger partial charge on any atom is 0.0977 e. The SMILES string of the molecule is CCc1scnc1C(C)=NC. The molecule has 1 aromatic heterocycles. The predicted molar refractivity (Wildman–Crippen MR) is 49.6 cm³/mol. The number of hydrogen-bond acceptors (Lipinski definition) is 3. The fourth-order valence-electron chi connectivity index (χ4n) is 0.922. The number of rotatable bonds is 2. The van der Waals surface area contributed by atoms with Crippen LogP contribution in [0.4, 0.5) is 0 Å². The highest BCUT2D eigenvalue weighted by atomic mass is 32.1. The van der Waals surface area contributed by atoms with Crippen LogP contribution in [0.5, 0.6) is 0 Å². The Morgan fingerprint density at radius 2 is 2.45 bits per heavy atom. The van der Waals surface area contributed by atoms with Gasteiger partial charge in [-0.1, -0.05) is 6.92 Å². The van der Waals surface area contributed by atoms with Crippen molar-refractivity contribution >= 4 is 17.0 Å². The van der Waals surface area contributed by atoms with E-state index in [9.17, 15) is 0 Å². The Kier molecular flexibility index (Phi) is 2.76. The van der Waals surface area contributed by atoms with Gasteiger partial charge in [-0.15, -0.1) is 11.3 Å². The Balaban J connectivity index is 3.02. The topological polar surface area (TPSA) is 25.2 Å². The number of nitrogens with zero attached hydrogens (tertiary/aromatic N) is 2. The van der Waals surface area contributed by atoms with Crippen molar-refractivity contribution in [2.45, 2.75) is 20.3 Å². The lowest BCUT2D eigenvalue weighted by Crippen LogP contribution is -1.97.